The zero-order valence-corrected chi connectivity index (χ0v) is 13.0. The summed E-state index contributed by atoms with van der Waals surface area (Å²) < 4.78 is 11.0. The first kappa shape index (κ1) is 15.5. The van der Waals surface area contributed by atoms with E-state index in [4.69, 9.17) is 20.6 Å². The van der Waals surface area contributed by atoms with Gasteiger partial charge in [-0.15, -0.1) is 11.3 Å². The first-order valence-electron chi connectivity index (χ1n) is 6.60. The van der Waals surface area contributed by atoms with Gasteiger partial charge in [-0.2, -0.15) is 0 Å². The van der Waals surface area contributed by atoms with Gasteiger partial charge in [0.15, 0.2) is 0 Å². The number of nitrogens with zero attached hydrogens (tertiary/aromatic N) is 1. The third-order valence-corrected chi connectivity index (χ3v) is 4.16. The summed E-state index contributed by atoms with van der Waals surface area (Å²) in [5.41, 5.74) is 9.99. The molecule has 21 heavy (non-hydrogen) atoms. The van der Waals surface area contributed by atoms with E-state index in [1.54, 1.807) is 24.5 Å². The zero-order valence-electron chi connectivity index (χ0n) is 12.2. The van der Waals surface area contributed by atoms with Crippen LogP contribution in [0.1, 0.15) is 21.7 Å². The van der Waals surface area contributed by atoms with Crippen molar-refractivity contribution in [2.75, 3.05) is 13.7 Å². The molecule has 0 saturated carbocycles. The molecule has 0 saturated heterocycles. The molecule has 2 aromatic rings. The van der Waals surface area contributed by atoms with Crippen LogP contribution in [-0.2, 0) is 17.8 Å². The number of ether oxygens (including phenoxy) is 2. The molecule has 112 valence electrons. The van der Waals surface area contributed by atoms with E-state index in [1.807, 2.05) is 24.6 Å². The van der Waals surface area contributed by atoms with Crippen LogP contribution in [0.2, 0.25) is 0 Å². The fourth-order valence-electron chi connectivity index (χ4n) is 1.97. The highest BCUT2D eigenvalue weighted by Gasteiger charge is 2.07. The minimum atomic E-state index is 0.0409. The van der Waals surface area contributed by atoms with E-state index in [1.165, 1.54) is 4.88 Å². The Labute approximate surface area is 128 Å². The van der Waals surface area contributed by atoms with Gasteiger partial charge in [0, 0.05) is 22.4 Å². The van der Waals surface area contributed by atoms with Gasteiger partial charge in [0.2, 0.25) is 0 Å². The number of thiazole rings is 1. The monoisotopic (exact) mass is 305 g/mol. The van der Waals surface area contributed by atoms with E-state index in [2.05, 4.69) is 4.98 Å². The topological polar surface area (TPSA) is 81.2 Å². The van der Waals surface area contributed by atoms with Crippen molar-refractivity contribution >= 4 is 17.2 Å². The predicted molar refractivity (Wildman–Crippen MR) is 84.2 cm³/mol. The molecule has 0 aliphatic heterocycles. The van der Waals surface area contributed by atoms with Gasteiger partial charge in [0.25, 0.3) is 0 Å². The fraction of sp³-hybridized carbons (Fsp3) is 0.333. The van der Waals surface area contributed by atoms with E-state index in [0.29, 0.717) is 18.8 Å². The molecular formula is C15H19N3O2S. The lowest BCUT2D eigenvalue weighted by atomic mass is 10.1. The molecule has 0 fully saturated rings. The number of nitrogen functional groups attached to an aromatic ring is 1. The van der Waals surface area contributed by atoms with Crippen molar-refractivity contribution in [3.05, 3.63) is 45.4 Å². The average Bonchev–Trinajstić information content (AvgIpc) is 2.88. The molecular weight excluding hydrogens is 286 g/mol. The molecule has 0 amide bonds. The Kier molecular flexibility index (Phi) is 5.30. The molecule has 1 aromatic carbocycles. The molecule has 0 atom stereocenters. The van der Waals surface area contributed by atoms with Crippen molar-refractivity contribution in [1.82, 2.24) is 4.98 Å². The number of benzene rings is 1. The summed E-state index contributed by atoms with van der Waals surface area (Å²) in [6.45, 7) is 3.06. The van der Waals surface area contributed by atoms with Crippen molar-refractivity contribution in [2.45, 2.75) is 20.0 Å². The lowest BCUT2D eigenvalue weighted by Crippen LogP contribution is -2.12. The molecule has 0 unspecified atom stereocenters. The number of aryl methyl sites for hydroxylation is 1. The van der Waals surface area contributed by atoms with Gasteiger partial charge in [0.05, 0.1) is 31.5 Å². The van der Waals surface area contributed by atoms with Gasteiger partial charge < -0.3 is 15.2 Å². The number of nitrogens with one attached hydrogen (secondary N) is 1. The van der Waals surface area contributed by atoms with Gasteiger partial charge in [-0.3, -0.25) is 5.41 Å². The predicted octanol–water partition coefficient (Wildman–Crippen LogP) is 2.50. The number of aromatic nitrogens is 1. The van der Waals surface area contributed by atoms with E-state index >= 15 is 0 Å². The number of hydrogen-bond donors (Lipinski definition) is 2. The van der Waals surface area contributed by atoms with Gasteiger partial charge in [0.1, 0.15) is 11.6 Å². The normalized spacial score (nSPS) is 10.6. The molecule has 1 aromatic heterocycles. The minimum Gasteiger partial charge on any atom is -0.496 e. The van der Waals surface area contributed by atoms with E-state index in [-0.39, 0.29) is 5.84 Å². The maximum atomic E-state index is 7.48. The molecule has 0 aliphatic rings. The standard InChI is InChI=1S/C15H19N3O2S/c1-10-14(21-9-18-10)5-6-20-8-12-7-11(15(16)17)3-4-13(12)19-2/h3-4,7,9H,5-6,8H2,1-2H3,(H3,16,17). The Morgan fingerprint density at radius 3 is 2.86 bits per heavy atom. The average molecular weight is 305 g/mol. The summed E-state index contributed by atoms with van der Waals surface area (Å²) in [6.07, 6.45) is 0.852. The van der Waals surface area contributed by atoms with Gasteiger partial charge in [-0.05, 0) is 25.1 Å². The van der Waals surface area contributed by atoms with Crippen LogP contribution >= 0.6 is 11.3 Å². The quantitative estimate of drug-likeness (QED) is 0.468. The van der Waals surface area contributed by atoms with Crippen molar-refractivity contribution in [3.63, 3.8) is 0 Å². The SMILES string of the molecule is COc1ccc(C(=N)N)cc1COCCc1scnc1C. The maximum Gasteiger partial charge on any atom is 0.124 e. The number of hydrogen-bond acceptors (Lipinski definition) is 5. The molecule has 0 aliphatic carbocycles. The third-order valence-electron chi connectivity index (χ3n) is 3.17. The molecule has 6 heteroatoms. The van der Waals surface area contributed by atoms with Crippen LogP contribution in [0.15, 0.2) is 23.7 Å². The summed E-state index contributed by atoms with van der Waals surface area (Å²) in [5, 5.41) is 7.48. The number of methoxy groups -OCH3 is 1. The van der Waals surface area contributed by atoms with E-state index < -0.39 is 0 Å². The van der Waals surface area contributed by atoms with Crippen LogP contribution in [0.4, 0.5) is 0 Å². The highest BCUT2D eigenvalue weighted by Crippen LogP contribution is 2.21. The third kappa shape index (κ3) is 4.03. The van der Waals surface area contributed by atoms with Crippen molar-refractivity contribution in [1.29, 1.82) is 5.41 Å². The van der Waals surface area contributed by atoms with Crippen molar-refractivity contribution in [3.8, 4) is 5.75 Å². The Hall–Kier alpha value is -1.92. The highest BCUT2D eigenvalue weighted by atomic mass is 32.1. The molecule has 3 N–H and O–H groups in total. The summed E-state index contributed by atoms with van der Waals surface area (Å²) in [6, 6.07) is 5.41. The zero-order chi connectivity index (χ0) is 15.2. The summed E-state index contributed by atoms with van der Waals surface area (Å²) in [5.74, 6) is 0.785. The number of rotatable bonds is 7. The second-order valence-corrected chi connectivity index (χ2v) is 5.54. The smallest absolute Gasteiger partial charge is 0.124 e. The summed E-state index contributed by atoms with van der Waals surface area (Å²) in [7, 11) is 1.62. The fourth-order valence-corrected chi connectivity index (χ4v) is 2.73. The van der Waals surface area contributed by atoms with Crippen LogP contribution in [0.5, 0.6) is 5.75 Å². The number of amidine groups is 1. The minimum absolute atomic E-state index is 0.0409. The second-order valence-electron chi connectivity index (χ2n) is 4.60. The number of nitrogens with two attached hydrogens (primary N) is 1. The lowest BCUT2D eigenvalue weighted by molar-refractivity contribution is 0.122. The van der Waals surface area contributed by atoms with E-state index in [0.717, 1.165) is 23.4 Å². The van der Waals surface area contributed by atoms with Crippen LogP contribution in [0.25, 0.3) is 0 Å². The molecule has 0 radical (unpaired) electrons. The van der Waals surface area contributed by atoms with Crippen LogP contribution in [0, 0.1) is 12.3 Å². The molecule has 0 bridgehead atoms. The molecule has 5 nitrogen and oxygen atoms in total. The van der Waals surface area contributed by atoms with Crippen molar-refractivity contribution < 1.29 is 9.47 Å². The van der Waals surface area contributed by atoms with Crippen LogP contribution in [0.3, 0.4) is 0 Å². The van der Waals surface area contributed by atoms with Gasteiger partial charge >= 0.3 is 0 Å². The maximum absolute atomic E-state index is 7.48. The Morgan fingerprint density at radius 1 is 1.43 bits per heavy atom. The molecule has 0 spiro atoms. The second kappa shape index (κ2) is 7.19. The lowest BCUT2D eigenvalue weighted by Gasteiger charge is -2.11. The highest BCUT2D eigenvalue weighted by molar-refractivity contribution is 7.09. The Balaban J connectivity index is 1.94. The Bertz CT molecular complexity index is 625. The van der Waals surface area contributed by atoms with Gasteiger partial charge in [-0.1, -0.05) is 0 Å². The van der Waals surface area contributed by atoms with Crippen LogP contribution < -0.4 is 10.5 Å². The molecule has 1 heterocycles. The Morgan fingerprint density at radius 2 is 2.24 bits per heavy atom. The first-order valence-corrected chi connectivity index (χ1v) is 7.47. The van der Waals surface area contributed by atoms with Crippen LogP contribution in [-0.4, -0.2) is 24.5 Å². The van der Waals surface area contributed by atoms with Gasteiger partial charge in [-0.25, -0.2) is 4.98 Å². The largest absolute Gasteiger partial charge is 0.496 e. The summed E-state index contributed by atoms with van der Waals surface area (Å²) in [4.78, 5) is 5.47. The van der Waals surface area contributed by atoms with E-state index in [9.17, 15) is 0 Å². The molecule has 2 rings (SSSR count). The summed E-state index contributed by atoms with van der Waals surface area (Å²) >= 11 is 1.65. The van der Waals surface area contributed by atoms with Crippen molar-refractivity contribution in [2.24, 2.45) is 5.73 Å². The first-order chi connectivity index (χ1) is 10.1.